The molecule has 0 heterocycles. The lowest BCUT2D eigenvalue weighted by Crippen LogP contribution is -2.08. The van der Waals surface area contributed by atoms with Crippen LogP contribution in [0, 0.1) is 6.92 Å². The van der Waals surface area contributed by atoms with Gasteiger partial charge in [0.15, 0.2) is 0 Å². The van der Waals surface area contributed by atoms with Crippen LogP contribution < -0.4 is 5.73 Å². The molecule has 0 aliphatic heterocycles. The Balaban J connectivity index is 2.69. The largest absolute Gasteiger partial charge is 0.465 e. The molecule has 1 aromatic rings. The lowest BCUT2D eigenvalue weighted by Gasteiger charge is -2.10. The summed E-state index contributed by atoms with van der Waals surface area (Å²) in [4.78, 5) is 11.6. The van der Waals surface area contributed by atoms with Gasteiger partial charge in [-0.3, -0.25) is 0 Å². The first kappa shape index (κ1) is 16.0. The van der Waals surface area contributed by atoms with Gasteiger partial charge in [0.05, 0.1) is 19.3 Å². The van der Waals surface area contributed by atoms with Crippen molar-refractivity contribution in [1.29, 1.82) is 0 Å². The molecule has 0 unspecified atom stereocenters. The van der Waals surface area contributed by atoms with E-state index in [1.807, 2.05) is 19.1 Å². The first-order valence-corrected chi connectivity index (χ1v) is 7.33. The van der Waals surface area contributed by atoms with E-state index in [2.05, 4.69) is 15.9 Å². The van der Waals surface area contributed by atoms with Crippen LogP contribution in [0.15, 0.2) is 12.1 Å². The van der Waals surface area contributed by atoms with Crippen LogP contribution in [0.25, 0.3) is 0 Å². The Morgan fingerprint density at radius 3 is 2.74 bits per heavy atom. The van der Waals surface area contributed by atoms with Crippen molar-refractivity contribution in [3.8, 4) is 0 Å². The number of rotatable bonds is 7. The van der Waals surface area contributed by atoms with E-state index in [4.69, 9.17) is 15.2 Å². The monoisotopic (exact) mass is 329 g/mol. The van der Waals surface area contributed by atoms with E-state index >= 15 is 0 Å². The third kappa shape index (κ3) is 4.84. The highest BCUT2D eigenvalue weighted by Crippen LogP contribution is 2.20. The van der Waals surface area contributed by atoms with Gasteiger partial charge in [0.1, 0.15) is 0 Å². The van der Waals surface area contributed by atoms with E-state index in [1.54, 1.807) is 0 Å². The molecule has 2 N–H and O–H groups in total. The van der Waals surface area contributed by atoms with Crippen molar-refractivity contribution in [3.05, 3.63) is 28.8 Å². The van der Waals surface area contributed by atoms with Crippen LogP contribution in [-0.4, -0.2) is 31.6 Å². The Kier molecular flexibility index (Phi) is 6.87. The van der Waals surface area contributed by atoms with Gasteiger partial charge in [0.25, 0.3) is 0 Å². The van der Waals surface area contributed by atoms with Crippen molar-refractivity contribution < 1.29 is 14.3 Å². The molecule has 1 rings (SSSR count). The molecule has 0 radical (unpaired) electrons. The number of carbonyl (C=O) groups excluding carboxylic acids is 1. The number of ether oxygens (including phenoxy) is 2. The number of nitrogen functional groups attached to an aromatic ring is 1. The fraction of sp³-hybridized carbons (Fsp3) is 0.500. The second-order valence-electron chi connectivity index (χ2n) is 4.25. The molecule has 0 aromatic heterocycles. The number of anilines is 1. The van der Waals surface area contributed by atoms with E-state index in [0.717, 1.165) is 35.9 Å². The zero-order valence-corrected chi connectivity index (χ0v) is 13.0. The summed E-state index contributed by atoms with van der Waals surface area (Å²) in [5.41, 5.74) is 8.79. The van der Waals surface area contributed by atoms with Gasteiger partial charge < -0.3 is 15.2 Å². The maximum absolute atomic E-state index is 11.6. The molecule has 0 aliphatic carbocycles. The maximum atomic E-state index is 11.6. The number of nitrogens with two attached hydrogens (primary N) is 1. The first-order chi connectivity index (χ1) is 9.10. The summed E-state index contributed by atoms with van der Waals surface area (Å²) in [6.45, 7) is 3.17. The first-order valence-electron chi connectivity index (χ1n) is 6.21. The van der Waals surface area contributed by atoms with Crippen molar-refractivity contribution >= 4 is 27.6 Å². The number of alkyl halides is 1. The topological polar surface area (TPSA) is 61.5 Å². The molecule has 19 heavy (non-hydrogen) atoms. The maximum Gasteiger partial charge on any atom is 0.338 e. The summed E-state index contributed by atoms with van der Waals surface area (Å²) >= 11 is 3.35. The predicted octanol–water partition coefficient (Wildman–Crippen LogP) is 2.71. The number of methoxy groups -OCH3 is 1. The quantitative estimate of drug-likeness (QED) is 0.361. The van der Waals surface area contributed by atoms with E-state index in [1.165, 1.54) is 7.11 Å². The molecule has 0 aliphatic rings. The van der Waals surface area contributed by atoms with Gasteiger partial charge in [-0.1, -0.05) is 15.9 Å². The summed E-state index contributed by atoms with van der Waals surface area (Å²) in [6.07, 6.45) is 1.72. The van der Waals surface area contributed by atoms with Gasteiger partial charge in [-0.05, 0) is 43.0 Å². The lowest BCUT2D eigenvalue weighted by molar-refractivity contribution is 0.0599. The van der Waals surface area contributed by atoms with Crippen LogP contribution >= 0.6 is 15.9 Å². The van der Waals surface area contributed by atoms with Crippen LogP contribution in [0.1, 0.15) is 27.9 Å². The summed E-state index contributed by atoms with van der Waals surface area (Å²) in [7, 11) is 1.37. The molecule has 0 fully saturated rings. The minimum Gasteiger partial charge on any atom is -0.465 e. The van der Waals surface area contributed by atoms with Crippen LogP contribution in [-0.2, 0) is 15.9 Å². The number of hydrogen-bond donors (Lipinski definition) is 1. The lowest BCUT2D eigenvalue weighted by atomic mass is 10.0. The second kappa shape index (κ2) is 8.17. The Labute approximate surface area is 122 Å². The van der Waals surface area contributed by atoms with E-state index < -0.39 is 0 Å². The summed E-state index contributed by atoms with van der Waals surface area (Å²) in [6, 6.07) is 3.71. The molecular formula is C14H20BrNO3. The van der Waals surface area contributed by atoms with Crippen LogP contribution in [0.3, 0.4) is 0 Å². The molecule has 106 valence electrons. The van der Waals surface area contributed by atoms with Crippen molar-refractivity contribution in [1.82, 2.24) is 0 Å². The fourth-order valence-corrected chi connectivity index (χ4v) is 1.94. The summed E-state index contributed by atoms with van der Waals surface area (Å²) in [5, 5.41) is 0.941. The van der Waals surface area contributed by atoms with Crippen molar-refractivity contribution in [2.75, 3.05) is 31.4 Å². The summed E-state index contributed by atoms with van der Waals surface area (Å²) in [5.74, 6) is -0.355. The molecular weight excluding hydrogens is 310 g/mol. The van der Waals surface area contributed by atoms with Crippen LogP contribution in [0.2, 0.25) is 0 Å². The zero-order valence-electron chi connectivity index (χ0n) is 11.4. The molecule has 0 spiro atoms. The minimum atomic E-state index is -0.355. The molecule has 4 nitrogen and oxygen atoms in total. The molecule has 5 heteroatoms. The third-order valence-electron chi connectivity index (χ3n) is 2.87. The molecule has 0 bridgehead atoms. The average molecular weight is 330 g/mol. The van der Waals surface area contributed by atoms with E-state index in [9.17, 15) is 4.79 Å². The van der Waals surface area contributed by atoms with Crippen molar-refractivity contribution in [2.45, 2.75) is 19.8 Å². The third-order valence-corrected chi connectivity index (χ3v) is 3.43. The number of esters is 1. The normalized spacial score (nSPS) is 10.5. The predicted molar refractivity (Wildman–Crippen MR) is 79.9 cm³/mol. The minimum absolute atomic E-state index is 0.355. The smallest absolute Gasteiger partial charge is 0.338 e. The van der Waals surface area contributed by atoms with Gasteiger partial charge in [-0.25, -0.2) is 4.79 Å². The molecule has 0 amide bonds. The molecule has 0 saturated carbocycles. The summed E-state index contributed by atoms with van der Waals surface area (Å²) < 4.78 is 10.2. The highest BCUT2D eigenvalue weighted by atomic mass is 79.9. The van der Waals surface area contributed by atoms with E-state index in [0.29, 0.717) is 17.9 Å². The van der Waals surface area contributed by atoms with Crippen LogP contribution in [0.5, 0.6) is 0 Å². The zero-order chi connectivity index (χ0) is 14.3. The fourth-order valence-electron chi connectivity index (χ4n) is 1.71. The SMILES string of the molecule is COC(=O)c1cc(CCOCCCBr)cc(N)c1C. The van der Waals surface area contributed by atoms with E-state index in [-0.39, 0.29) is 5.97 Å². The molecule has 1 aromatic carbocycles. The van der Waals surface area contributed by atoms with Gasteiger partial charge in [0.2, 0.25) is 0 Å². The Bertz CT molecular complexity index is 435. The number of benzene rings is 1. The molecule has 0 saturated heterocycles. The van der Waals surface area contributed by atoms with Crippen molar-refractivity contribution in [3.63, 3.8) is 0 Å². The highest BCUT2D eigenvalue weighted by Gasteiger charge is 2.12. The van der Waals surface area contributed by atoms with Gasteiger partial charge in [-0.15, -0.1) is 0 Å². The number of carbonyl (C=O) groups is 1. The van der Waals surface area contributed by atoms with Gasteiger partial charge >= 0.3 is 5.97 Å². The standard InChI is InChI=1S/C14H20BrNO3/c1-10-12(14(17)18-2)8-11(9-13(10)16)4-7-19-6-3-5-15/h8-9H,3-7,16H2,1-2H3. The number of halogens is 1. The van der Waals surface area contributed by atoms with Gasteiger partial charge in [-0.2, -0.15) is 0 Å². The second-order valence-corrected chi connectivity index (χ2v) is 5.05. The van der Waals surface area contributed by atoms with Gasteiger partial charge in [0, 0.05) is 17.6 Å². The van der Waals surface area contributed by atoms with Crippen molar-refractivity contribution in [2.24, 2.45) is 0 Å². The Hall–Kier alpha value is -1.07. The van der Waals surface area contributed by atoms with Crippen LogP contribution in [0.4, 0.5) is 5.69 Å². The Morgan fingerprint density at radius 1 is 1.37 bits per heavy atom. The Morgan fingerprint density at radius 2 is 2.11 bits per heavy atom. The average Bonchev–Trinajstić information content (AvgIpc) is 2.41. The highest BCUT2D eigenvalue weighted by molar-refractivity contribution is 9.09. The molecule has 0 atom stereocenters. The number of hydrogen-bond acceptors (Lipinski definition) is 4.